The van der Waals surface area contributed by atoms with E-state index in [2.05, 4.69) is 16.7 Å². The first kappa shape index (κ1) is 19.2. The van der Waals surface area contributed by atoms with E-state index in [0.29, 0.717) is 17.1 Å². The molecule has 3 rings (SSSR count). The third-order valence-electron chi connectivity index (χ3n) is 4.56. The third kappa shape index (κ3) is 4.06. The predicted octanol–water partition coefficient (Wildman–Crippen LogP) is 4.63. The summed E-state index contributed by atoms with van der Waals surface area (Å²) >= 11 is 0. The van der Waals surface area contributed by atoms with Gasteiger partial charge in [-0.05, 0) is 50.5 Å². The maximum Gasteiger partial charge on any atom is 0.265 e. The van der Waals surface area contributed by atoms with E-state index in [1.807, 2.05) is 54.6 Å². The molecule has 1 heterocycles. The van der Waals surface area contributed by atoms with Crippen LogP contribution in [0.1, 0.15) is 36.7 Å². The molecule has 0 aliphatic carbocycles. The number of unbranched alkanes of at least 4 members (excludes halogenated alkanes) is 1. The molecule has 6 heteroatoms. The summed E-state index contributed by atoms with van der Waals surface area (Å²) in [5, 5.41) is 4.46. The zero-order valence-corrected chi connectivity index (χ0v) is 16.8. The van der Waals surface area contributed by atoms with Crippen LogP contribution in [-0.2, 0) is 16.4 Å². The van der Waals surface area contributed by atoms with Gasteiger partial charge in [-0.1, -0.05) is 49.7 Å². The lowest BCUT2D eigenvalue weighted by molar-refractivity contribution is 0.600. The molecule has 0 aliphatic rings. The van der Waals surface area contributed by atoms with E-state index in [1.54, 1.807) is 18.5 Å². The summed E-state index contributed by atoms with van der Waals surface area (Å²) in [6.07, 6.45) is 2.92. The van der Waals surface area contributed by atoms with Gasteiger partial charge < -0.3 is 0 Å². The number of para-hydroxylation sites is 2. The second-order valence-electron chi connectivity index (χ2n) is 6.61. The number of sulfonamides is 1. The average Bonchev–Trinajstić information content (AvgIpc) is 2.96. The molecule has 0 saturated carbocycles. The number of nitrogens with zero attached hydrogens (tertiary/aromatic N) is 2. The van der Waals surface area contributed by atoms with Crippen molar-refractivity contribution in [3.05, 3.63) is 71.5 Å². The molecule has 0 atom stereocenters. The first-order chi connectivity index (χ1) is 12.9. The molecule has 27 heavy (non-hydrogen) atoms. The summed E-state index contributed by atoms with van der Waals surface area (Å²) in [4.78, 5) is 0.233. The highest BCUT2D eigenvalue weighted by Gasteiger charge is 2.25. The fourth-order valence-electron chi connectivity index (χ4n) is 3.24. The van der Waals surface area contributed by atoms with Crippen molar-refractivity contribution in [1.29, 1.82) is 0 Å². The van der Waals surface area contributed by atoms with E-state index in [1.165, 1.54) is 0 Å². The number of aryl methyl sites for hydroxylation is 2. The zero-order chi connectivity index (χ0) is 19.4. The Labute approximate surface area is 161 Å². The monoisotopic (exact) mass is 383 g/mol. The van der Waals surface area contributed by atoms with Crippen LogP contribution in [-0.4, -0.2) is 18.2 Å². The first-order valence-corrected chi connectivity index (χ1v) is 10.6. The fourth-order valence-corrected chi connectivity index (χ4v) is 4.73. The minimum atomic E-state index is -3.74. The predicted molar refractivity (Wildman–Crippen MR) is 109 cm³/mol. The average molecular weight is 384 g/mol. The van der Waals surface area contributed by atoms with Gasteiger partial charge in [-0.25, -0.2) is 13.1 Å². The number of rotatable bonds is 7. The summed E-state index contributed by atoms with van der Waals surface area (Å²) in [6, 6.07) is 17.1. The lowest BCUT2D eigenvalue weighted by Gasteiger charge is -2.13. The van der Waals surface area contributed by atoms with Crippen LogP contribution in [0.15, 0.2) is 59.5 Å². The highest BCUT2D eigenvalue weighted by Crippen LogP contribution is 2.26. The van der Waals surface area contributed by atoms with Gasteiger partial charge in [-0.2, -0.15) is 5.10 Å². The van der Waals surface area contributed by atoms with E-state index in [-0.39, 0.29) is 4.90 Å². The van der Waals surface area contributed by atoms with Gasteiger partial charge in [0, 0.05) is 0 Å². The Balaban J connectivity index is 1.99. The van der Waals surface area contributed by atoms with Crippen molar-refractivity contribution in [3.63, 3.8) is 0 Å². The van der Waals surface area contributed by atoms with Gasteiger partial charge in [0.1, 0.15) is 4.90 Å². The van der Waals surface area contributed by atoms with Crippen LogP contribution in [0, 0.1) is 13.8 Å². The Hall–Kier alpha value is -2.60. The third-order valence-corrected chi connectivity index (χ3v) is 6.17. The van der Waals surface area contributed by atoms with Gasteiger partial charge in [0.25, 0.3) is 10.0 Å². The lowest BCUT2D eigenvalue weighted by atomic mass is 10.1. The normalized spacial score (nSPS) is 11.5. The van der Waals surface area contributed by atoms with E-state index < -0.39 is 10.0 Å². The molecule has 1 N–H and O–H groups in total. The maximum absolute atomic E-state index is 13.1. The topological polar surface area (TPSA) is 64.0 Å². The van der Waals surface area contributed by atoms with Crippen molar-refractivity contribution in [2.75, 3.05) is 4.72 Å². The van der Waals surface area contributed by atoms with Crippen LogP contribution in [0.3, 0.4) is 0 Å². The van der Waals surface area contributed by atoms with Crippen LogP contribution < -0.4 is 4.72 Å². The van der Waals surface area contributed by atoms with E-state index in [0.717, 1.165) is 30.5 Å². The highest BCUT2D eigenvalue weighted by molar-refractivity contribution is 7.92. The Morgan fingerprint density at radius 2 is 1.67 bits per heavy atom. The minimum absolute atomic E-state index is 0.233. The summed E-state index contributed by atoms with van der Waals surface area (Å²) in [5.41, 5.74) is 3.56. The summed E-state index contributed by atoms with van der Waals surface area (Å²) in [5.74, 6) is 0. The Morgan fingerprint density at radius 3 is 2.37 bits per heavy atom. The molecule has 5 nitrogen and oxygen atoms in total. The molecule has 0 aliphatic heterocycles. The molecule has 0 saturated heterocycles. The Morgan fingerprint density at radius 1 is 1.00 bits per heavy atom. The van der Waals surface area contributed by atoms with E-state index in [4.69, 9.17) is 0 Å². The zero-order valence-electron chi connectivity index (χ0n) is 15.9. The number of aromatic nitrogens is 2. The second-order valence-corrected chi connectivity index (χ2v) is 8.23. The van der Waals surface area contributed by atoms with E-state index in [9.17, 15) is 8.42 Å². The highest BCUT2D eigenvalue weighted by atomic mass is 32.2. The SMILES string of the molecule is CCCCc1ccccc1NS(=O)(=O)c1c(C)nn(-c2ccccc2)c1C. The number of hydrogen-bond donors (Lipinski definition) is 1. The lowest BCUT2D eigenvalue weighted by Crippen LogP contribution is -2.16. The van der Waals surface area contributed by atoms with Gasteiger partial charge >= 0.3 is 0 Å². The smallest absolute Gasteiger partial charge is 0.265 e. The van der Waals surface area contributed by atoms with Gasteiger partial charge in [0.05, 0.1) is 22.8 Å². The van der Waals surface area contributed by atoms with Crippen molar-refractivity contribution in [2.24, 2.45) is 0 Å². The number of benzene rings is 2. The largest absolute Gasteiger partial charge is 0.279 e. The van der Waals surface area contributed by atoms with Crippen molar-refractivity contribution >= 4 is 15.7 Å². The van der Waals surface area contributed by atoms with Crippen LogP contribution in [0.2, 0.25) is 0 Å². The quantitative estimate of drug-likeness (QED) is 0.647. The molecule has 0 spiro atoms. The van der Waals surface area contributed by atoms with Crippen molar-refractivity contribution < 1.29 is 8.42 Å². The van der Waals surface area contributed by atoms with Crippen molar-refractivity contribution in [3.8, 4) is 5.69 Å². The van der Waals surface area contributed by atoms with Crippen LogP contribution in [0.25, 0.3) is 5.69 Å². The molecule has 0 radical (unpaired) electrons. The van der Waals surface area contributed by atoms with Crippen molar-refractivity contribution in [1.82, 2.24) is 9.78 Å². The molecular formula is C21H25N3O2S. The van der Waals surface area contributed by atoms with Gasteiger partial charge in [-0.3, -0.25) is 4.72 Å². The second kappa shape index (κ2) is 7.96. The number of hydrogen-bond acceptors (Lipinski definition) is 3. The molecule has 142 valence electrons. The fraction of sp³-hybridized carbons (Fsp3) is 0.286. The molecule has 0 bridgehead atoms. The molecular weight excluding hydrogens is 358 g/mol. The maximum atomic E-state index is 13.1. The van der Waals surface area contributed by atoms with Crippen LogP contribution >= 0.6 is 0 Å². The first-order valence-electron chi connectivity index (χ1n) is 9.16. The van der Waals surface area contributed by atoms with Crippen LogP contribution in [0.5, 0.6) is 0 Å². The minimum Gasteiger partial charge on any atom is -0.279 e. The van der Waals surface area contributed by atoms with Gasteiger partial charge in [-0.15, -0.1) is 0 Å². The number of nitrogens with one attached hydrogen (secondary N) is 1. The van der Waals surface area contributed by atoms with E-state index >= 15 is 0 Å². The molecule has 0 unspecified atom stereocenters. The standard InChI is InChI=1S/C21H25N3O2S/c1-4-5-11-18-12-9-10-15-20(18)23-27(25,26)21-16(2)22-24(17(21)3)19-13-7-6-8-14-19/h6-10,12-15,23H,4-5,11H2,1-3H3. The Bertz CT molecular complexity index is 1020. The van der Waals surface area contributed by atoms with Gasteiger partial charge in [0.2, 0.25) is 0 Å². The number of anilines is 1. The molecule has 2 aromatic carbocycles. The molecule has 0 amide bonds. The summed E-state index contributed by atoms with van der Waals surface area (Å²) in [7, 11) is -3.74. The summed E-state index contributed by atoms with van der Waals surface area (Å²) < 4.78 is 30.7. The van der Waals surface area contributed by atoms with Crippen LogP contribution in [0.4, 0.5) is 5.69 Å². The molecule has 1 aromatic heterocycles. The van der Waals surface area contributed by atoms with Gasteiger partial charge in [0.15, 0.2) is 0 Å². The Kier molecular flexibility index (Phi) is 5.65. The summed E-state index contributed by atoms with van der Waals surface area (Å²) in [6.45, 7) is 5.63. The molecule has 0 fully saturated rings. The molecule has 3 aromatic rings. The van der Waals surface area contributed by atoms with Crippen molar-refractivity contribution in [2.45, 2.75) is 44.9 Å².